The molecule has 2 aromatic carbocycles. The SMILES string of the molecule is COc1ccc(Oc2ccc(C=O)cc2Br)c([N+](=O)[O-])c1. The molecule has 0 amide bonds. The van der Waals surface area contributed by atoms with Crippen LogP contribution in [0.25, 0.3) is 0 Å². The van der Waals surface area contributed by atoms with Crippen molar-refractivity contribution < 1.29 is 19.2 Å². The molecule has 0 heterocycles. The standard InChI is InChI=1S/C14H10BrNO5/c1-20-10-3-5-14(12(7-10)16(18)19)21-13-4-2-9(8-17)6-11(13)15/h2-8H,1H3. The fourth-order valence-electron chi connectivity index (χ4n) is 1.64. The molecule has 21 heavy (non-hydrogen) atoms. The van der Waals surface area contributed by atoms with Gasteiger partial charge >= 0.3 is 5.69 Å². The van der Waals surface area contributed by atoms with Gasteiger partial charge in [-0.2, -0.15) is 0 Å². The third-order valence-corrected chi connectivity index (χ3v) is 3.29. The molecule has 0 fully saturated rings. The second-order valence-electron chi connectivity index (χ2n) is 4.00. The van der Waals surface area contributed by atoms with Crippen LogP contribution in [0.3, 0.4) is 0 Å². The summed E-state index contributed by atoms with van der Waals surface area (Å²) >= 11 is 3.26. The van der Waals surface area contributed by atoms with Gasteiger partial charge in [0.15, 0.2) is 0 Å². The van der Waals surface area contributed by atoms with E-state index in [-0.39, 0.29) is 11.4 Å². The van der Waals surface area contributed by atoms with Gasteiger partial charge < -0.3 is 9.47 Å². The number of carbonyl (C=O) groups is 1. The van der Waals surface area contributed by atoms with Gasteiger partial charge in [0.25, 0.3) is 0 Å². The minimum Gasteiger partial charge on any atom is -0.496 e. The fourth-order valence-corrected chi connectivity index (χ4v) is 2.12. The molecule has 108 valence electrons. The number of nitrogens with zero attached hydrogens (tertiary/aromatic N) is 1. The van der Waals surface area contributed by atoms with E-state index in [1.54, 1.807) is 24.3 Å². The summed E-state index contributed by atoms with van der Waals surface area (Å²) in [6.07, 6.45) is 0.699. The Bertz CT molecular complexity index is 702. The first kappa shape index (κ1) is 15.0. The highest BCUT2D eigenvalue weighted by atomic mass is 79.9. The van der Waals surface area contributed by atoms with E-state index in [0.717, 1.165) is 0 Å². The molecular weight excluding hydrogens is 342 g/mol. The van der Waals surface area contributed by atoms with Crippen LogP contribution in [0.1, 0.15) is 10.4 Å². The van der Waals surface area contributed by atoms with Crippen LogP contribution in [-0.2, 0) is 0 Å². The molecule has 2 aromatic rings. The van der Waals surface area contributed by atoms with Crippen molar-refractivity contribution in [3.05, 3.63) is 56.5 Å². The van der Waals surface area contributed by atoms with E-state index in [1.165, 1.54) is 19.2 Å². The quantitative estimate of drug-likeness (QED) is 0.462. The number of rotatable bonds is 5. The second-order valence-corrected chi connectivity index (χ2v) is 4.85. The monoisotopic (exact) mass is 351 g/mol. The van der Waals surface area contributed by atoms with Crippen molar-refractivity contribution in [1.29, 1.82) is 0 Å². The van der Waals surface area contributed by atoms with Crippen LogP contribution in [0.5, 0.6) is 17.2 Å². The Labute approximate surface area is 128 Å². The largest absolute Gasteiger partial charge is 0.496 e. The van der Waals surface area contributed by atoms with Crippen molar-refractivity contribution in [2.45, 2.75) is 0 Å². The predicted octanol–water partition coefficient (Wildman–Crippen LogP) is 3.97. The van der Waals surface area contributed by atoms with E-state index in [2.05, 4.69) is 15.9 Å². The highest BCUT2D eigenvalue weighted by Crippen LogP contribution is 2.37. The summed E-state index contributed by atoms with van der Waals surface area (Å²) in [5.74, 6) is 0.818. The summed E-state index contributed by atoms with van der Waals surface area (Å²) in [7, 11) is 1.42. The van der Waals surface area contributed by atoms with Crippen molar-refractivity contribution in [3.63, 3.8) is 0 Å². The molecule has 0 spiro atoms. The minimum absolute atomic E-state index is 0.0837. The summed E-state index contributed by atoms with van der Waals surface area (Å²) < 4.78 is 11.0. The Balaban J connectivity index is 2.39. The maximum atomic E-state index is 11.1. The van der Waals surface area contributed by atoms with E-state index >= 15 is 0 Å². The molecule has 0 bridgehead atoms. The normalized spacial score (nSPS) is 10.0. The van der Waals surface area contributed by atoms with Crippen LogP contribution >= 0.6 is 15.9 Å². The molecule has 0 saturated carbocycles. The highest BCUT2D eigenvalue weighted by molar-refractivity contribution is 9.10. The van der Waals surface area contributed by atoms with Gasteiger partial charge in [-0.3, -0.25) is 14.9 Å². The molecule has 0 atom stereocenters. The first-order valence-corrected chi connectivity index (χ1v) is 6.59. The summed E-state index contributed by atoms with van der Waals surface area (Å²) in [4.78, 5) is 21.2. The lowest BCUT2D eigenvalue weighted by molar-refractivity contribution is -0.385. The van der Waals surface area contributed by atoms with Crippen molar-refractivity contribution in [1.82, 2.24) is 0 Å². The van der Waals surface area contributed by atoms with Crippen molar-refractivity contribution in [2.75, 3.05) is 7.11 Å². The van der Waals surface area contributed by atoms with Gasteiger partial charge in [-0.25, -0.2) is 0 Å². The number of ether oxygens (including phenoxy) is 2. The van der Waals surface area contributed by atoms with Crippen LogP contribution in [0.4, 0.5) is 5.69 Å². The lowest BCUT2D eigenvalue weighted by Crippen LogP contribution is -1.95. The summed E-state index contributed by atoms with van der Waals surface area (Å²) in [6.45, 7) is 0. The van der Waals surface area contributed by atoms with Gasteiger partial charge in [-0.05, 0) is 46.3 Å². The molecule has 0 N–H and O–H groups in total. The average Bonchev–Trinajstić information content (AvgIpc) is 2.49. The highest BCUT2D eigenvalue weighted by Gasteiger charge is 2.18. The number of hydrogen-bond donors (Lipinski definition) is 0. The molecule has 0 saturated heterocycles. The molecular formula is C14H10BrNO5. The van der Waals surface area contributed by atoms with Crippen LogP contribution < -0.4 is 9.47 Å². The number of benzene rings is 2. The molecule has 0 aromatic heterocycles. The minimum atomic E-state index is -0.550. The number of hydrogen-bond acceptors (Lipinski definition) is 5. The number of methoxy groups -OCH3 is 1. The number of carbonyl (C=O) groups excluding carboxylic acids is 1. The zero-order valence-electron chi connectivity index (χ0n) is 10.9. The fraction of sp³-hybridized carbons (Fsp3) is 0.0714. The van der Waals surface area contributed by atoms with Crippen LogP contribution in [0.2, 0.25) is 0 Å². The molecule has 2 rings (SSSR count). The summed E-state index contributed by atoms with van der Waals surface area (Å²) in [5, 5.41) is 11.1. The smallest absolute Gasteiger partial charge is 0.315 e. The van der Waals surface area contributed by atoms with E-state index in [4.69, 9.17) is 9.47 Å². The predicted molar refractivity (Wildman–Crippen MR) is 79.3 cm³/mol. The van der Waals surface area contributed by atoms with Gasteiger partial charge in [0, 0.05) is 5.56 Å². The second kappa shape index (κ2) is 6.36. The Morgan fingerprint density at radius 3 is 2.48 bits per heavy atom. The molecule has 0 radical (unpaired) electrons. The van der Waals surface area contributed by atoms with Gasteiger partial charge in [-0.15, -0.1) is 0 Å². The van der Waals surface area contributed by atoms with Crippen LogP contribution in [0.15, 0.2) is 40.9 Å². The van der Waals surface area contributed by atoms with Gasteiger partial charge in [0.05, 0.1) is 22.6 Å². The molecule has 0 aliphatic rings. The third kappa shape index (κ3) is 3.38. The number of aldehydes is 1. The Kier molecular flexibility index (Phi) is 4.54. The maximum absolute atomic E-state index is 11.1. The molecule has 0 unspecified atom stereocenters. The van der Waals surface area contributed by atoms with E-state index in [1.807, 2.05) is 0 Å². The molecule has 0 aliphatic carbocycles. The number of nitro benzene ring substituents is 1. The average molecular weight is 352 g/mol. The van der Waals surface area contributed by atoms with Crippen molar-refractivity contribution >= 4 is 27.9 Å². The molecule has 0 aliphatic heterocycles. The van der Waals surface area contributed by atoms with Crippen molar-refractivity contribution in [2.24, 2.45) is 0 Å². The topological polar surface area (TPSA) is 78.7 Å². The molecule has 7 heteroatoms. The first-order chi connectivity index (χ1) is 10.0. The summed E-state index contributed by atoms with van der Waals surface area (Å²) in [6, 6.07) is 8.98. The van der Waals surface area contributed by atoms with E-state index in [9.17, 15) is 14.9 Å². The number of nitro groups is 1. The van der Waals surface area contributed by atoms with Crippen molar-refractivity contribution in [3.8, 4) is 17.2 Å². The van der Waals surface area contributed by atoms with Crippen LogP contribution in [0, 0.1) is 10.1 Å². The van der Waals surface area contributed by atoms with E-state index < -0.39 is 4.92 Å². The number of halogens is 1. The third-order valence-electron chi connectivity index (χ3n) is 2.67. The first-order valence-electron chi connectivity index (χ1n) is 5.80. The van der Waals surface area contributed by atoms with Gasteiger partial charge in [-0.1, -0.05) is 0 Å². The van der Waals surface area contributed by atoms with Gasteiger partial charge in [0.1, 0.15) is 17.8 Å². The Hall–Kier alpha value is -2.41. The molecule has 6 nitrogen and oxygen atoms in total. The zero-order valence-corrected chi connectivity index (χ0v) is 12.5. The Morgan fingerprint density at radius 2 is 1.90 bits per heavy atom. The zero-order chi connectivity index (χ0) is 15.4. The van der Waals surface area contributed by atoms with E-state index in [0.29, 0.717) is 27.8 Å². The van der Waals surface area contributed by atoms with Crippen LogP contribution in [-0.4, -0.2) is 18.3 Å². The van der Waals surface area contributed by atoms with Gasteiger partial charge in [0.2, 0.25) is 5.75 Å². The maximum Gasteiger partial charge on any atom is 0.315 e. The lowest BCUT2D eigenvalue weighted by atomic mass is 10.2. The summed E-state index contributed by atoms with van der Waals surface area (Å²) in [5.41, 5.74) is 0.263. The lowest BCUT2D eigenvalue weighted by Gasteiger charge is -2.09. The Morgan fingerprint density at radius 1 is 1.19 bits per heavy atom.